The Kier molecular flexibility index (Phi) is 14.2. The molecule has 0 saturated carbocycles. The summed E-state index contributed by atoms with van der Waals surface area (Å²) < 4.78 is 11.8. The largest absolute Gasteiger partial charge is 1.00 e. The molecule has 0 unspecified atom stereocenters. The van der Waals surface area contributed by atoms with Gasteiger partial charge in [-0.2, -0.15) is 0 Å². The number of esters is 2. The Morgan fingerprint density at radius 3 is 1.80 bits per heavy atom. The van der Waals surface area contributed by atoms with E-state index in [4.69, 9.17) is 16.3 Å². The van der Waals surface area contributed by atoms with Gasteiger partial charge in [0.15, 0.2) is 12.8 Å². The van der Waals surface area contributed by atoms with Crippen LogP contribution < -0.4 is 39.8 Å². The van der Waals surface area contributed by atoms with Crippen LogP contribution >= 0.6 is 43.5 Å². The van der Waals surface area contributed by atoms with Crippen LogP contribution in [0.3, 0.4) is 0 Å². The standard InChI is InChI=1S/C16H20BrNO3.C10H10BrNO.C6H11ClO2.Na.H/c1-15(2,3)14(20)21-9-18-12-7-6-10(17)8-11(12)16(4,5)13(18)19;1-10(2)7-5-6(11)3-4-8(7)12-9(10)13;1-6(2,3)5(8)9-4-7;;/h6-8H,9H2,1-5H3;3-5H,1-2H3,(H,12,13);4H2,1-3H3;;/q;;;+1;-1. The Hall–Kier alpha value is -1.43. The van der Waals surface area contributed by atoms with Crippen molar-refractivity contribution < 1.29 is 59.6 Å². The molecule has 2 aliphatic heterocycles. The van der Waals surface area contributed by atoms with Crippen LogP contribution in [0, 0.1) is 10.8 Å². The number of nitrogens with zero attached hydrogens (tertiary/aromatic N) is 1. The van der Waals surface area contributed by atoms with Gasteiger partial charge in [0.1, 0.15) is 0 Å². The number of alkyl halides is 1. The van der Waals surface area contributed by atoms with Gasteiger partial charge in [-0.15, -0.1) is 0 Å². The molecule has 0 atom stereocenters. The first kappa shape index (κ1) is 40.6. The SMILES string of the molecule is CC(C)(C)C(=O)OCCl.CC(C)(C)C(=O)OCN1C(=O)C(C)(C)c2cc(Br)ccc21.CC1(C)C(=O)Nc2ccc(Br)cc21.[H-].[Na+]. The third-order valence-electron chi connectivity index (χ3n) is 6.91. The number of hydrogen-bond donors (Lipinski definition) is 1. The Labute approximate surface area is 306 Å². The molecule has 0 aliphatic carbocycles. The van der Waals surface area contributed by atoms with Crippen molar-refractivity contribution >= 4 is 78.6 Å². The second kappa shape index (κ2) is 15.4. The second-order valence-electron chi connectivity index (χ2n) is 13.4. The van der Waals surface area contributed by atoms with Gasteiger partial charge < -0.3 is 16.2 Å². The topological polar surface area (TPSA) is 102 Å². The predicted molar refractivity (Wildman–Crippen MR) is 178 cm³/mol. The van der Waals surface area contributed by atoms with E-state index in [1.807, 2.05) is 64.1 Å². The van der Waals surface area contributed by atoms with Crippen molar-refractivity contribution in [3.63, 3.8) is 0 Å². The molecule has 0 radical (unpaired) electrons. The minimum atomic E-state index is -0.618. The molecule has 2 aromatic carbocycles. The van der Waals surface area contributed by atoms with E-state index >= 15 is 0 Å². The van der Waals surface area contributed by atoms with Crippen molar-refractivity contribution in [1.82, 2.24) is 0 Å². The fourth-order valence-corrected chi connectivity index (χ4v) is 4.90. The first-order valence-corrected chi connectivity index (χ1v) is 15.8. The van der Waals surface area contributed by atoms with Gasteiger partial charge in [-0.3, -0.25) is 24.1 Å². The summed E-state index contributed by atoms with van der Waals surface area (Å²) in [4.78, 5) is 48.3. The zero-order valence-corrected chi connectivity index (χ0v) is 33.3. The van der Waals surface area contributed by atoms with Crippen LogP contribution in [0.25, 0.3) is 0 Å². The van der Waals surface area contributed by atoms with Crippen molar-refractivity contribution in [2.45, 2.75) is 80.1 Å². The summed E-state index contributed by atoms with van der Waals surface area (Å²) in [6, 6.07) is 11.5. The molecule has 2 aliphatic rings. The molecule has 4 rings (SSSR count). The van der Waals surface area contributed by atoms with Gasteiger partial charge >= 0.3 is 41.5 Å². The van der Waals surface area contributed by atoms with E-state index in [-0.39, 0.29) is 67.5 Å². The smallest absolute Gasteiger partial charge is 1.00 e. The summed E-state index contributed by atoms with van der Waals surface area (Å²) in [7, 11) is 0. The van der Waals surface area contributed by atoms with Crippen LogP contribution in [0.2, 0.25) is 0 Å². The number of anilines is 2. The molecule has 2 aromatic rings. The van der Waals surface area contributed by atoms with Crippen LogP contribution in [0.5, 0.6) is 0 Å². The van der Waals surface area contributed by atoms with Crippen LogP contribution in [-0.4, -0.2) is 36.5 Å². The summed E-state index contributed by atoms with van der Waals surface area (Å²) in [5, 5.41) is 2.86. The van der Waals surface area contributed by atoms with Gasteiger partial charge in [-0.1, -0.05) is 43.5 Å². The van der Waals surface area contributed by atoms with Crippen LogP contribution in [0.15, 0.2) is 45.3 Å². The van der Waals surface area contributed by atoms with E-state index in [0.29, 0.717) is 0 Å². The van der Waals surface area contributed by atoms with Gasteiger partial charge in [-0.05, 0) is 117 Å². The number of benzene rings is 2. The molecule has 0 fully saturated rings. The van der Waals surface area contributed by atoms with Crippen LogP contribution in [-0.2, 0) is 39.5 Å². The number of ether oxygens (including phenoxy) is 2. The first-order valence-electron chi connectivity index (χ1n) is 13.7. The molecule has 238 valence electrons. The minimum Gasteiger partial charge on any atom is -1.00 e. The third kappa shape index (κ3) is 9.79. The molecule has 8 nitrogen and oxygen atoms in total. The molecule has 2 heterocycles. The number of nitrogens with one attached hydrogen (secondary N) is 1. The number of hydrogen-bond acceptors (Lipinski definition) is 6. The third-order valence-corrected chi connectivity index (χ3v) is 8.00. The molecule has 0 bridgehead atoms. The van der Waals surface area contributed by atoms with Gasteiger partial charge in [-0.25, -0.2) is 0 Å². The van der Waals surface area contributed by atoms with Gasteiger partial charge in [0, 0.05) is 14.6 Å². The Morgan fingerprint density at radius 1 is 0.841 bits per heavy atom. The van der Waals surface area contributed by atoms with Gasteiger partial charge in [0.2, 0.25) is 11.8 Å². The number of fused-ring (bicyclic) bond motifs is 2. The molecule has 1 N–H and O–H groups in total. The van der Waals surface area contributed by atoms with Crippen LogP contribution in [0.4, 0.5) is 11.4 Å². The summed E-state index contributed by atoms with van der Waals surface area (Å²) in [5.41, 5.74) is 1.69. The van der Waals surface area contributed by atoms with Crippen molar-refractivity contribution in [3.05, 3.63) is 56.5 Å². The van der Waals surface area contributed by atoms with E-state index in [0.717, 1.165) is 31.4 Å². The second-order valence-corrected chi connectivity index (χ2v) is 15.4. The van der Waals surface area contributed by atoms with E-state index < -0.39 is 21.7 Å². The van der Waals surface area contributed by atoms with Crippen molar-refractivity contribution in [2.24, 2.45) is 10.8 Å². The molecular weight excluding hydrogens is 727 g/mol. The molecule has 0 aromatic heterocycles. The molecule has 2 amide bonds. The van der Waals surface area contributed by atoms with Crippen LogP contribution in [0.1, 0.15) is 81.8 Å². The monoisotopic (exact) mass is 766 g/mol. The molecule has 0 spiro atoms. The quantitative estimate of drug-likeness (QED) is 0.262. The predicted octanol–water partition coefficient (Wildman–Crippen LogP) is 5.19. The van der Waals surface area contributed by atoms with Crippen molar-refractivity contribution in [1.29, 1.82) is 0 Å². The van der Waals surface area contributed by atoms with Gasteiger partial charge in [0.05, 0.1) is 27.3 Å². The van der Waals surface area contributed by atoms with Crippen molar-refractivity contribution in [3.8, 4) is 0 Å². The van der Waals surface area contributed by atoms with E-state index in [1.165, 1.54) is 4.90 Å². The minimum absolute atomic E-state index is 0. The summed E-state index contributed by atoms with van der Waals surface area (Å²) in [6.45, 7) is 18.3. The average Bonchev–Trinajstić information content (AvgIpc) is 3.22. The normalized spacial score (nSPS) is 15.7. The maximum Gasteiger partial charge on any atom is 1.00 e. The van der Waals surface area contributed by atoms with E-state index in [2.05, 4.69) is 41.9 Å². The number of rotatable bonds is 3. The van der Waals surface area contributed by atoms with Crippen molar-refractivity contribution in [2.75, 3.05) is 23.0 Å². The summed E-state index contributed by atoms with van der Waals surface area (Å²) >= 11 is 12.0. The van der Waals surface area contributed by atoms with Gasteiger partial charge in [0.25, 0.3) is 0 Å². The molecule has 0 saturated heterocycles. The average molecular weight is 769 g/mol. The molecule has 12 heteroatoms. The Morgan fingerprint density at radius 2 is 1.32 bits per heavy atom. The maximum absolute atomic E-state index is 12.6. The first-order chi connectivity index (χ1) is 19.5. The number of halogens is 3. The maximum atomic E-state index is 12.6. The number of carbonyl (C=O) groups is 4. The van der Waals surface area contributed by atoms with E-state index in [9.17, 15) is 19.2 Å². The zero-order valence-electron chi connectivity index (χ0n) is 28.4. The summed E-state index contributed by atoms with van der Waals surface area (Å²) in [6.07, 6.45) is 0. The number of amides is 2. The fourth-order valence-electron chi connectivity index (χ4n) is 4.08. The fraction of sp³-hybridized carbons (Fsp3) is 0.500. The number of carbonyl (C=O) groups excluding carboxylic acids is 4. The molecular formula is C32H42Br2ClN2NaO6. The Balaban J connectivity index is 0.000000694. The van der Waals surface area contributed by atoms with E-state index in [1.54, 1.807) is 41.5 Å². The Bertz CT molecular complexity index is 1410. The molecule has 44 heavy (non-hydrogen) atoms. The zero-order chi connectivity index (χ0) is 33.1. The summed E-state index contributed by atoms with van der Waals surface area (Å²) in [5.74, 6) is -0.575.